The van der Waals surface area contributed by atoms with Gasteiger partial charge in [0.1, 0.15) is 25.4 Å². The van der Waals surface area contributed by atoms with Crippen LogP contribution in [0.1, 0.15) is 10.4 Å². The van der Waals surface area contributed by atoms with Crippen molar-refractivity contribution in [2.45, 2.75) is 12.2 Å². The third-order valence-corrected chi connectivity index (χ3v) is 5.75. The Morgan fingerprint density at radius 2 is 1.25 bits per heavy atom. The van der Waals surface area contributed by atoms with Crippen LogP contribution in [-0.4, -0.2) is 70.1 Å². The lowest BCUT2D eigenvalue weighted by atomic mass is 10.2. The average molecular weight is 680 g/mol. The summed E-state index contributed by atoms with van der Waals surface area (Å²) < 4.78 is 12.0. The maximum absolute atomic E-state index is 11.5. The second-order valence-electron chi connectivity index (χ2n) is 4.58. The van der Waals surface area contributed by atoms with E-state index in [1.54, 1.807) is 0 Å². The van der Waals surface area contributed by atoms with E-state index in [9.17, 15) is 20.1 Å². The van der Waals surface area contributed by atoms with Gasteiger partial charge in [0, 0.05) is 0 Å². The minimum Gasteiger partial charge on any atom is -0.488 e. The Bertz CT molecular complexity index is 554. The summed E-state index contributed by atoms with van der Waals surface area (Å²) in [4.78, 5) is 11.5. The molecule has 0 aromatic heterocycles. The molecule has 8 nitrogen and oxygen atoms in total. The van der Waals surface area contributed by atoms with Crippen LogP contribution in [0.5, 0.6) is 11.5 Å². The van der Waals surface area contributed by atoms with Gasteiger partial charge in [0.25, 0.3) is 0 Å². The number of hydrogen-bond donors (Lipinski definition) is 5. The van der Waals surface area contributed by atoms with Gasteiger partial charge in [-0.15, -0.1) is 0 Å². The first-order valence-electron chi connectivity index (χ1n) is 6.51. The second kappa shape index (κ2) is 10.5. The molecule has 136 valence electrons. The van der Waals surface area contributed by atoms with Crippen LogP contribution in [0.4, 0.5) is 0 Å². The van der Waals surface area contributed by atoms with Crippen LogP contribution >= 0.6 is 67.8 Å². The van der Waals surface area contributed by atoms with Gasteiger partial charge < -0.3 is 35.0 Å². The monoisotopic (exact) mass is 680 g/mol. The van der Waals surface area contributed by atoms with Crippen molar-refractivity contribution in [2.24, 2.45) is 0 Å². The minimum absolute atomic E-state index is 0.0291. The number of hydrogen-bond acceptors (Lipinski definition) is 7. The standard InChI is InChI=1S/C13H15I3O8/c14-8-7(13(21)22)9(15)12(24-4-6(20)2-18)10(16)11(8)23-3-5(19)1-17/h5-6,17-20H,1-4H2,(H,21,22). The number of aliphatic hydroxyl groups excluding tert-OH is 4. The van der Waals surface area contributed by atoms with Crippen molar-refractivity contribution in [3.05, 3.63) is 16.3 Å². The topological polar surface area (TPSA) is 137 Å². The van der Waals surface area contributed by atoms with Crippen molar-refractivity contribution in [3.8, 4) is 11.5 Å². The fraction of sp³-hybridized carbons (Fsp3) is 0.462. The Labute approximate surface area is 178 Å². The number of carboxylic acid groups (broad SMARTS) is 1. The van der Waals surface area contributed by atoms with Gasteiger partial charge in [-0.3, -0.25) is 0 Å². The third-order valence-electron chi connectivity index (χ3n) is 2.71. The summed E-state index contributed by atoms with van der Waals surface area (Å²) in [5.74, 6) is -0.773. The highest BCUT2D eigenvalue weighted by molar-refractivity contribution is 14.1. The molecule has 2 unspecified atom stereocenters. The van der Waals surface area contributed by atoms with Gasteiger partial charge >= 0.3 is 5.97 Å². The van der Waals surface area contributed by atoms with E-state index >= 15 is 0 Å². The van der Waals surface area contributed by atoms with E-state index in [2.05, 4.69) is 0 Å². The number of ether oxygens (including phenoxy) is 2. The van der Waals surface area contributed by atoms with Gasteiger partial charge in [-0.1, -0.05) is 0 Å². The van der Waals surface area contributed by atoms with E-state index < -0.39 is 31.4 Å². The average Bonchev–Trinajstić information content (AvgIpc) is 2.53. The molecule has 2 atom stereocenters. The molecule has 0 spiro atoms. The highest BCUT2D eigenvalue weighted by Crippen LogP contribution is 2.41. The van der Waals surface area contributed by atoms with Crippen LogP contribution in [0.3, 0.4) is 0 Å². The number of benzene rings is 1. The summed E-state index contributed by atoms with van der Waals surface area (Å²) in [7, 11) is 0. The van der Waals surface area contributed by atoms with Gasteiger partial charge in [0.2, 0.25) is 0 Å². The Balaban J connectivity index is 3.31. The Morgan fingerprint density at radius 3 is 1.54 bits per heavy atom. The van der Waals surface area contributed by atoms with E-state index in [-0.39, 0.29) is 30.3 Å². The molecule has 0 bridgehead atoms. The van der Waals surface area contributed by atoms with Crippen LogP contribution in [-0.2, 0) is 0 Å². The van der Waals surface area contributed by atoms with Crippen molar-refractivity contribution >= 4 is 73.7 Å². The molecule has 1 rings (SSSR count). The Hall–Kier alpha value is 0.320. The van der Waals surface area contributed by atoms with Crippen molar-refractivity contribution < 1.29 is 39.8 Å². The first-order valence-corrected chi connectivity index (χ1v) is 9.75. The molecule has 0 amide bonds. The van der Waals surface area contributed by atoms with E-state index in [0.29, 0.717) is 10.7 Å². The third kappa shape index (κ3) is 5.66. The number of aliphatic hydroxyl groups is 4. The molecule has 1 aromatic carbocycles. The maximum Gasteiger partial charge on any atom is 0.338 e. The van der Waals surface area contributed by atoms with Gasteiger partial charge in [0.05, 0.1) is 29.5 Å². The summed E-state index contributed by atoms with van der Waals surface area (Å²) in [5, 5.41) is 46.0. The molecule has 0 aliphatic heterocycles. The molecule has 0 fully saturated rings. The fourth-order valence-corrected chi connectivity index (χ4v) is 5.78. The molecule has 0 radical (unpaired) electrons. The molecule has 0 saturated heterocycles. The van der Waals surface area contributed by atoms with E-state index in [0.717, 1.165) is 0 Å². The lowest BCUT2D eigenvalue weighted by Crippen LogP contribution is -2.24. The van der Waals surface area contributed by atoms with E-state index in [1.807, 2.05) is 67.8 Å². The molecule has 0 aliphatic carbocycles. The summed E-state index contributed by atoms with van der Waals surface area (Å²) in [6, 6.07) is 0. The zero-order valence-electron chi connectivity index (χ0n) is 12.1. The number of rotatable bonds is 9. The Morgan fingerprint density at radius 1 is 0.875 bits per heavy atom. The second-order valence-corrected chi connectivity index (χ2v) is 7.81. The molecular weight excluding hydrogens is 665 g/mol. The van der Waals surface area contributed by atoms with Crippen LogP contribution in [0, 0.1) is 10.7 Å². The van der Waals surface area contributed by atoms with E-state index in [4.69, 9.17) is 19.7 Å². The zero-order chi connectivity index (χ0) is 18.4. The van der Waals surface area contributed by atoms with Gasteiger partial charge in [0.15, 0.2) is 11.5 Å². The lowest BCUT2D eigenvalue weighted by molar-refractivity contribution is 0.0499. The molecule has 1 aromatic rings. The highest BCUT2D eigenvalue weighted by Gasteiger charge is 2.27. The largest absolute Gasteiger partial charge is 0.488 e. The van der Waals surface area contributed by atoms with Crippen LogP contribution in [0.2, 0.25) is 0 Å². The summed E-state index contributed by atoms with van der Waals surface area (Å²) in [5.41, 5.74) is -0.0291. The molecule has 24 heavy (non-hydrogen) atoms. The molecule has 0 heterocycles. The zero-order valence-corrected chi connectivity index (χ0v) is 18.6. The maximum atomic E-state index is 11.5. The van der Waals surface area contributed by atoms with Crippen molar-refractivity contribution in [3.63, 3.8) is 0 Å². The van der Waals surface area contributed by atoms with Crippen LogP contribution in [0.15, 0.2) is 0 Å². The predicted molar refractivity (Wildman–Crippen MR) is 109 cm³/mol. The molecule has 0 saturated carbocycles. The first-order chi connectivity index (χ1) is 11.2. The molecule has 0 aliphatic rings. The smallest absolute Gasteiger partial charge is 0.338 e. The van der Waals surface area contributed by atoms with Gasteiger partial charge in [-0.2, -0.15) is 0 Å². The predicted octanol–water partition coefficient (Wildman–Crippen LogP) is 0.663. The number of carbonyl (C=O) groups is 1. The fourth-order valence-electron chi connectivity index (χ4n) is 1.52. The van der Waals surface area contributed by atoms with Crippen LogP contribution < -0.4 is 9.47 Å². The summed E-state index contributed by atoms with van der Waals surface area (Å²) >= 11 is 5.56. The molecule has 11 heteroatoms. The van der Waals surface area contributed by atoms with Crippen molar-refractivity contribution in [2.75, 3.05) is 26.4 Å². The van der Waals surface area contributed by atoms with E-state index in [1.165, 1.54) is 0 Å². The van der Waals surface area contributed by atoms with Crippen molar-refractivity contribution in [1.82, 2.24) is 0 Å². The summed E-state index contributed by atoms with van der Waals surface area (Å²) in [6.07, 6.45) is -2.21. The first kappa shape index (κ1) is 22.4. The normalized spacial score (nSPS) is 13.5. The number of halogens is 3. The highest BCUT2D eigenvalue weighted by atomic mass is 127. The quantitative estimate of drug-likeness (QED) is 0.241. The van der Waals surface area contributed by atoms with Gasteiger partial charge in [-0.05, 0) is 67.8 Å². The number of aromatic carboxylic acids is 1. The Kier molecular flexibility index (Phi) is 9.75. The number of carboxylic acids is 1. The minimum atomic E-state index is -1.18. The molecule has 5 N–H and O–H groups in total. The SMILES string of the molecule is O=C(O)c1c(I)c(OCC(O)CO)c(I)c(OCC(O)CO)c1I. The van der Waals surface area contributed by atoms with Crippen molar-refractivity contribution in [1.29, 1.82) is 0 Å². The van der Waals surface area contributed by atoms with Gasteiger partial charge in [-0.25, -0.2) is 4.79 Å². The van der Waals surface area contributed by atoms with Crippen LogP contribution in [0.25, 0.3) is 0 Å². The summed E-state index contributed by atoms with van der Waals surface area (Å²) in [6.45, 7) is -1.42. The lowest BCUT2D eigenvalue weighted by Gasteiger charge is -2.20. The molecular formula is C13H15I3O8.